The fourth-order valence-corrected chi connectivity index (χ4v) is 0.869. The summed E-state index contributed by atoms with van der Waals surface area (Å²) in [6, 6.07) is 0. The lowest BCUT2D eigenvalue weighted by Crippen LogP contribution is -2.22. The first-order valence-corrected chi connectivity index (χ1v) is 3.46. The zero-order valence-electron chi connectivity index (χ0n) is 6.69. The number of esters is 1. The molecule has 0 aliphatic heterocycles. The standard InChI is InChI=1S/C7H10N2O3/c1-11-7(10)5(2-8)6-3-9-4-12-6/h3-5H,2,8H2,1H3. The molecule has 1 atom stereocenters. The van der Waals surface area contributed by atoms with E-state index in [0.29, 0.717) is 5.76 Å². The highest BCUT2D eigenvalue weighted by molar-refractivity contribution is 5.77. The molecule has 0 amide bonds. The highest BCUT2D eigenvalue weighted by Crippen LogP contribution is 2.14. The van der Waals surface area contributed by atoms with Crippen molar-refractivity contribution in [3.05, 3.63) is 18.4 Å². The topological polar surface area (TPSA) is 78.4 Å². The second-order valence-corrected chi connectivity index (χ2v) is 2.22. The monoisotopic (exact) mass is 170 g/mol. The molecular weight excluding hydrogens is 160 g/mol. The van der Waals surface area contributed by atoms with Gasteiger partial charge in [0.15, 0.2) is 6.39 Å². The van der Waals surface area contributed by atoms with Crippen LogP contribution in [0.15, 0.2) is 17.0 Å². The number of oxazole rings is 1. The third-order valence-electron chi connectivity index (χ3n) is 1.52. The van der Waals surface area contributed by atoms with Gasteiger partial charge in [0.05, 0.1) is 13.3 Å². The molecule has 1 unspecified atom stereocenters. The summed E-state index contributed by atoms with van der Waals surface area (Å²) in [5.41, 5.74) is 5.35. The maximum absolute atomic E-state index is 11.1. The Labute approximate surface area is 69.5 Å². The summed E-state index contributed by atoms with van der Waals surface area (Å²) in [5.74, 6) is -0.517. The number of rotatable bonds is 3. The lowest BCUT2D eigenvalue weighted by Gasteiger charge is -2.07. The molecule has 2 N–H and O–H groups in total. The number of aromatic nitrogens is 1. The number of carbonyl (C=O) groups is 1. The molecule has 5 heteroatoms. The van der Waals surface area contributed by atoms with Crippen LogP contribution in [0, 0.1) is 0 Å². The van der Waals surface area contributed by atoms with Gasteiger partial charge in [-0.15, -0.1) is 0 Å². The Morgan fingerprint density at radius 2 is 2.67 bits per heavy atom. The molecule has 0 fully saturated rings. The summed E-state index contributed by atoms with van der Waals surface area (Å²) in [7, 11) is 1.31. The van der Waals surface area contributed by atoms with E-state index in [1.807, 2.05) is 0 Å². The van der Waals surface area contributed by atoms with Crippen LogP contribution in [0.1, 0.15) is 11.7 Å². The summed E-state index contributed by atoms with van der Waals surface area (Å²) >= 11 is 0. The van der Waals surface area contributed by atoms with Crippen molar-refractivity contribution in [2.45, 2.75) is 5.92 Å². The molecule has 1 aromatic rings. The predicted molar refractivity (Wildman–Crippen MR) is 40.3 cm³/mol. The lowest BCUT2D eigenvalue weighted by atomic mass is 10.1. The number of nitrogens with two attached hydrogens (primary N) is 1. The van der Waals surface area contributed by atoms with Gasteiger partial charge in [-0.3, -0.25) is 4.79 Å². The van der Waals surface area contributed by atoms with Crippen molar-refractivity contribution in [1.82, 2.24) is 4.98 Å². The fraction of sp³-hybridized carbons (Fsp3) is 0.429. The number of nitrogens with zero attached hydrogens (tertiary/aromatic N) is 1. The lowest BCUT2D eigenvalue weighted by molar-refractivity contribution is -0.142. The van der Waals surface area contributed by atoms with Gasteiger partial charge in [0, 0.05) is 6.54 Å². The minimum absolute atomic E-state index is 0.155. The van der Waals surface area contributed by atoms with Crippen LogP contribution in [0.25, 0.3) is 0 Å². The Bertz CT molecular complexity index is 245. The molecule has 0 radical (unpaired) electrons. The molecule has 0 aromatic carbocycles. The van der Waals surface area contributed by atoms with E-state index in [1.54, 1.807) is 0 Å². The van der Waals surface area contributed by atoms with Crippen LogP contribution in [-0.4, -0.2) is 24.6 Å². The van der Waals surface area contributed by atoms with Gasteiger partial charge >= 0.3 is 5.97 Å². The van der Waals surface area contributed by atoms with E-state index in [0.717, 1.165) is 0 Å². The van der Waals surface area contributed by atoms with Crippen LogP contribution in [0.2, 0.25) is 0 Å². The van der Waals surface area contributed by atoms with Crippen LogP contribution in [0.4, 0.5) is 0 Å². The van der Waals surface area contributed by atoms with Crippen molar-refractivity contribution in [2.75, 3.05) is 13.7 Å². The molecule has 1 rings (SSSR count). The molecule has 0 saturated carbocycles. The largest absolute Gasteiger partial charge is 0.468 e. The minimum Gasteiger partial charge on any atom is -0.468 e. The Hall–Kier alpha value is -1.36. The van der Waals surface area contributed by atoms with E-state index in [4.69, 9.17) is 10.2 Å². The average Bonchev–Trinajstić information content (AvgIpc) is 2.58. The summed E-state index contributed by atoms with van der Waals surface area (Å²) < 4.78 is 9.44. The molecule has 1 aromatic heterocycles. The highest BCUT2D eigenvalue weighted by Gasteiger charge is 2.22. The molecule has 66 valence electrons. The van der Waals surface area contributed by atoms with Crippen molar-refractivity contribution >= 4 is 5.97 Å². The summed E-state index contributed by atoms with van der Waals surface area (Å²) in [6.07, 6.45) is 2.70. The zero-order valence-corrected chi connectivity index (χ0v) is 6.69. The van der Waals surface area contributed by atoms with E-state index in [-0.39, 0.29) is 6.54 Å². The highest BCUT2D eigenvalue weighted by atomic mass is 16.5. The second-order valence-electron chi connectivity index (χ2n) is 2.22. The van der Waals surface area contributed by atoms with Crippen molar-refractivity contribution < 1.29 is 13.9 Å². The van der Waals surface area contributed by atoms with Crippen molar-refractivity contribution in [3.63, 3.8) is 0 Å². The fourth-order valence-electron chi connectivity index (χ4n) is 0.869. The van der Waals surface area contributed by atoms with Crippen molar-refractivity contribution in [1.29, 1.82) is 0 Å². The second kappa shape index (κ2) is 3.87. The van der Waals surface area contributed by atoms with Crippen LogP contribution in [0.5, 0.6) is 0 Å². The van der Waals surface area contributed by atoms with Gasteiger partial charge in [0.1, 0.15) is 11.7 Å². The predicted octanol–water partition coefficient (Wildman–Crippen LogP) is -0.110. The van der Waals surface area contributed by atoms with E-state index >= 15 is 0 Å². The first kappa shape index (κ1) is 8.73. The van der Waals surface area contributed by atoms with Crippen LogP contribution in [-0.2, 0) is 9.53 Å². The van der Waals surface area contributed by atoms with Crippen molar-refractivity contribution in [2.24, 2.45) is 5.73 Å². The van der Waals surface area contributed by atoms with Gasteiger partial charge in [-0.25, -0.2) is 4.98 Å². The Kier molecular flexibility index (Phi) is 2.82. The number of carbonyl (C=O) groups excluding carboxylic acids is 1. The average molecular weight is 170 g/mol. The molecule has 1 heterocycles. The molecule has 12 heavy (non-hydrogen) atoms. The molecule has 0 aliphatic carbocycles. The van der Waals surface area contributed by atoms with E-state index in [2.05, 4.69) is 9.72 Å². The minimum atomic E-state index is -0.544. The summed E-state index contributed by atoms with van der Waals surface area (Å²) in [4.78, 5) is 14.7. The third-order valence-corrected chi connectivity index (χ3v) is 1.52. The zero-order chi connectivity index (χ0) is 8.97. The van der Waals surface area contributed by atoms with Crippen LogP contribution in [0.3, 0.4) is 0 Å². The molecule has 0 saturated heterocycles. The SMILES string of the molecule is COC(=O)C(CN)c1cnco1. The number of methoxy groups -OCH3 is 1. The van der Waals surface area contributed by atoms with Crippen LogP contribution >= 0.6 is 0 Å². The smallest absolute Gasteiger partial charge is 0.317 e. The van der Waals surface area contributed by atoms with Crippen molar-refractivity contribution in [3.8, 4) is 0 Å². The van der Waals surface area contributed by atoms with Gasteiger partial charge in [-0.05, 0) is 0 Å². The molecule has 0 spiro atoms. The van der Waals surface area contributed by atoms with Gasteiger partial charge in [-0.1, -0.05) is 0 Å². The normalized spacial score (nSPS) is 12.5. The first-order valence-electron chi connectivity index (χ1n) is 3.46. The third kappa shape index (κ3) is 1.62. The molecule has 0 bridgehead atoms. The number of ether oxygens (including phenoxy) is 1. The van der Waals surface area contributed by atoms with Gasteiger partial charge < -0.3 is 14.9 Å². The Morgan fingerprint density at radius 1 is 1.92 bits per heavy atom. The molecular formula is C7H10N2O3. The summed E-state index contributed by atoms with van der Waals surface area (Å²) in [6.45, 7) is 0.155. The summed E-state index contributed by atoms with van der Waals surface area (Å²) in [5, 5.41) is 0. The maximum Gasteiger partial charge on any atom is 0.317 e. The molecule has 5 nitrogen and oxygen atoms in total. The first-order chi connectivity index (χ1) is 5.79. The number of hydrogen-bond acceptors (Lipinski definition) is 5. The molecule has 0 aliphatic rings. The van der Waals surface area contributed by atoms with Crippen LogP contribution < -0.4 is 5.73 Å². The van der Waals surface area contributed by atoms with Gasteiger partial charge in [0.25, 0.3) is 0 Å². The Balaban J connectivity index is 2.76. The Morgan fingerprint density at radius 3 is 3.08 bits per heavy atom. The van der Waals surface area contributed by atoms with E-state index in [1.165, 1.54) is 19.7 Å². The van der Waals surface area contributed by atoms with E-state index < -0.39 is 11.9 Å². The number of hydrogen-bond donors (Lipinski definition) is 1. The maximum atomic E-state index is 11.1. The van der Waals surface area contributed by atoms with Gasteiger partial charge in [-0.2, -0.15) is 0 Å². The van der Waals surface area contributed by atoms with E-state index in [9.17, 15) is 4.79 Å². The van der Waals surface area contributed by atoms with Gasteiger partial charge in [0.2, 0.25) is 0 Å². The quantitative estimate of drug-likeness (QED) is 0.640.